The van der Waals surface area contributed by atoms with Crippen LogP contribution in [0.25, 0.3) is 0 Å². The Balaban J connectivity index is 1.73. The Labute approximate surface area is 161 Å². The Morgan fingerprint density at radius 2 is 1.64 bits per heavy atom. The zero-order chi connectivity index (χ0) is 19.7. The predicted molar refractivity (Wildman–Crippen MR) is 107 cm³/mol. The molecule has 28 heavy (non-hydrogen) atoms. The van der Waals surface area contributed by atoms with Gasteiger partial charge in [0.25, 0.3) is 5.69 Å². The van der Waals surface area contributed by atoms with E-state index in [1.807, 2.05) is 36.2 Å². The second-order valence-corrected chi connectivity index (χ2v) is 6.80. The Morgan fingerprint density at radius 1 is 1.00 bits per heavy atom. The Hall–Kier alpha value is -3.54. The number of aryl methyl sites for hydroxylation is 1. The van der Waals surface area contributed by atoms with Gasteiger partial charge in [-0.05, 0) is 42.3 Å². The van der Waals surface area contributed by atoms with E-state index in [9.17, 15) is 14.5 Å². The molecule has 0 bridgehead atoms. The third kappa shape index (κ3) is 3.49. The van der Waals surface area contributed by atoms with Crippen molar-refractivity contribution < 1.29 is 9.31 Å². The quantitative estimate of drug-likeness (QED) is 0.453. The molecule has 1 heterocycles. The number of benzene rings is 3. The predicted octanol–water partition coefficient (Wildman–Crippen LogP) is 5.40. The minimum absolute atomic E-state index is 0.0315. The van der Waals surface area contributed by atoms with Crippen molar-refractivity contribution in [3.63, 3.8) is 0 Å². The molecule has 1 atom stereocenters. The molecule has 0 saturated heterocycles. The highest BCUT2D eigenvalue weighted by Crippen LogP contribution is 2.37. The number of anilines is 1. The molecule has 0 N–H and O–H groups in total. The number of hydrogen-bond donors (Lipinski definition) is 0. The number of nitro benzene ring substituents is 1. The van der Waals surface area contributed by atoms with Crippen molar-refractivity contribution >= 4 is 17.1 Å². The maximum atomic E-state index is 13.4. The molecule has 1 aliphatic rings. The number of hydrogen-bond acceptors (Lipinski definition) is 4. The van der Waals surface area contributed by atoms with E-state index in [0.29, 0.717) is 6.42 Å². The number of nitro groups is 1. The number of non-ortho nitro benzene ring substituents is 1. The van der Waals surface area contributed by atoms with Gasteiger partial charge in [-0.15, -0.1) is 0 Å². The molecule has 3 aromatic rings. The fraction of sp³-hybridized carbons (Fsp3) is 0.136. The third-order valence-corrected chi connectivity index (χ3v) is 4.88. The summed E-state index contributed by atoms with van der Waals surface area (Å²) in [6.45, 7) is 2.03. The van der Waals surface area contributed by atoms with Crippen molar-refractivity contribution in [1.82, 2.24) is 0 Å². The molecule has 6 heteroatoms. The second kappa shape index (κ2) is 7.23. The monoisotopic (exact) mass is 375 g/mol. The number of nitrogens with zero attached hydrogens (tertiary/aromatic N) is 3. The fourth-order valence-corrected chi connectivity index (χ4v) is 3.34. The van der Waals surface area contributed by atoms with Gasteiger partial charge in [0.1, 0.15) is 5.82 Å². The van der Waals surface area contributed by atoms with Gasteiger partial charge in [0, 0.05) is 18.6 Å². The van der Waals surface area contributed by atoms with E-state index < -0.39 is 4.92 Å². The summed E-state index contributed by atoms with van der Waals surface area (Å²) in [7, 11) is 0. The van der Waals surface area contributed by atoms with Crippen LogP contribution in [0.1, 0.15) is 29.2 Å². The van der Waals surface area contributed by atoms with Crippen LogP contribution in [0, 0.1) is 22.9 Å². The Morgan fingerprint density at radius 3 is 2.25 bits per heavy atom. The Kier molecular flexibility index (Phi) is 4.61. The highest BCUT2D eigenvalue weighted by atomic mass is 19.1. The normalized spacial score (nSPS) is 16.1. The van der Waals surface area contributed by atoms with Crippen LogP contribution in [-0.2, 0) is 0 Å². The number of halogens is 1. The van der Waals surface area contributed by atoms with Crippen LogP contribution in [0.4, 0.5) is 15.8 Å². The molecule has 5 nitrogen and oxygen atoms in total. The molecule has 1 aliphatic heterocycles. The average molecular weight is 375 g/mol. The van der Waals surface area contributed by atoms with Gasteiger partial charge in [-0.25, -0.2) is 4.39 Å². The van der Waals surface area contributed by atoms with Crippen molar-refractivity contribution in [3.05, 3.63) is 105 Å². The van der Waals surface area contributed by atoms with Gasteiger partial charge in [-0.1, -0.05) is 42.0 Å². The first-order valence-corrected chi connectivity index (χ1v) is 8.95. The van der Waals surface area contributed by atoms with Crippen LogP contribution in [0.2, 0.25) is 0 Å². The van der Waals surface area contributed by atoms with Crippen molar-refractivity contribution in [2.45, 2.75) is 19.4 Å². The van der Waals surface area contributed by atoms with Gasteiger partial charge in [0.15, 0.2) is 0 Å². The third-order valence-electron chi connectivity index (χ3n) is 4.88. The lowest BCUT2D eigenvalue weighted by Crippen LogP contribution is -2.18. The lowest BCUT2D eigenvalue weighted by atomic mass is 9.97. The smallest absolute Gasteiger partial charge is 0.258 e. The van der Waals surface area contributed by atoms with Crippen molar-refractivity contribution in [2.75, 3.05) is 5.01 Å². The van der Waals surface area contributed by atoms with Gasteiger partial charge in [0.05, 0.1) is 22.4 Å². The zero-order valence-corrected chi connectivity index (χ0v) is 15.2. The highest BCUT2D eigenvalue weighted by Gasteiger charge is 2.30. The molecule has 0 saturated carbocycles. The molecule has 0 spiro atoms. The van der Waals surface area contributed by atoms with E-state index >= 15 is 0 Å². The molecule has 0 aromatic heterocycles. The Bertz CT molecular complexity index is 1030. The first-order valence-electron chi connectivity index (χ1n) is 8.95. The molecule has 0 amide bonds. The average Bonchev–Trinajstić information content (AvgIpc) is 3.14. The lowest BCUT2D eigenvalue weighted by molar-refractivity contribution is -0.384. The maximum Gasteiger partial charge on any atom is 0.269 e. The van der Waals surface area contributed by atoms with Crippen LogP contribution in [0.15, 0.2) is 77.9 Å². The van der Waals surface area contributed by atoms with Crippen LogP contribution < -0.4 is 5.01 Å². The molecule has 0 aliphatic carbocycles. The molecule has 0 unspecified atom stereocenters. The van der Waals surface area contributed by atoms with Crippen molar-refractivity contribution in [2.24, 2.45) is 5.10 Å². The summed E-state index contributed by atoms with van der Waals surface area (Å²) in [6.07, 6.45) is 0.658. The van der Waals surface area contributed by atoms with Gasteiger partial charge < -0.3 is 0 Å². The van der Waals surface area contributed by atoms with E-state index in [1.165, 1.54) is 29.8 Å². The number of rotatable bonds is 4. The van der Waals surface area contributed by atoms with Crippen molar-refractivity contribution in [1.29, 1.82) is 0 Å². The highest BCUT2D eigenvalue weighted by molar-refractivity contribution is 6.03. The number of hydrazone groups is 1. The summed E-state index contributed by atoms with van der Waals surface area (Å²) in [5.41, 5.74) is 4.84. The van der Waals surface area contributed by atoms with E-state index in [1.54, 1.807) is 24.3 Å². The van der Waals surface area contributed by atoms with E-state index in [2.05, 4.69) is 0 Å². The largest absolute Gasteiger partial charge is 0.269 e. The van der Waals surface area contributed by atoms with E-state index in [0.717, 1.165) is 22.5 Å². The molecule has 3 aromatic carbocycles. The molecule has 140 valence electrons. The van der Waals surface area contributed by atoms with Gasteiger partial charge in [-0.2, -0.15) is 5.10 Å². The molecular weight excluding hydrogens is 357 g/mol. The van der Waals surface area contributed by atoms with Crippen LogP contribution in [0.3, 0.4) is 0 Å². The van der Waals surface area contributed by atoms with Gasteiger partial charge in [-0.3, -0.25) is 15.1 Å². The van der Waals surface area contributed by atoms with Gasteiger partial charge >= 0.3 is 0 Å². The first kappa shape index (κ1) is 17.9. The summed E-state index contributed by atoms with van der Waals surface area (Å²) in [6, 6.07) is 20.7. The summed E-state index contributed by atoms with van der Waals surface area (Å²) in [4.78, 5) is 10.5. The molecule has 0 radical (unpaired) electrons. The fourth-order valence-electron chi connectivity index (χ4n) is 3.34. The van der Waals surface area contributed by atoms with E-state index in [-0.39, 0.29) is 17.5 Å². The topological polar surface area (TPSA) is 58.7 Å². The standard InChI is InChI=1S/C22H18FN3O2/c1-15-2-4-16(5-3-15)21-14-22(17-6-8-18(23)9-7-17)25(24-21)19-10-12-20(13-11-19)26(27)28/h2-13,22H,14H2,1H3/t22-/m0/s1. The summed E-state index contributed by atoms with van der Waals surface area (Å²) in [5.74, 6) is -0.289. The van der Waals surface area contributed by atoms with E-state index in [4.69, 9.17) is 5.10 Å². The van der Waals surface area contributed by atoms with Crippen LogP contribution in [0.5, 0.6) is 0 Å². The van der Waals surface area contributed by atoms with Crippen LogP contribution in [-0.4, -0.2) is 10.6 Å². The van der Waals surface area contributed by atoms with Crippen LogP contribution >= 0.6 is 0 Å². The maximum absolute atomic E-state index is 13.4. The van der Waals surface area contributed by atoms with Gasteiger partial charge in [0.2, 0.25) is 0 Å². The minimum atomic E-state index is -0.424. The SMILES string of the molecule is Cc1ccc(C2=NN(c3ccc([N+](=O)[O-])cc3)[C@H](c3ccc(F)cc3)C2)cc1. The minimum Gasteiger partial charge on any atom is -0.258 e. The zero-order valence-electron chi connectivity index (χ0n) is 15.2. The summed E-state index contributed by atoms with van der Waals surface area (Å²) >= 11 is 0. The molecule has 4 rings (SSSR count). The lowest BCUT2D eigenvalue weighted by Gasteiger charge is -2.23. The summed E-state index contributed by atoms with van der Waals surface area (Å²) in [5, 5.41) is 17.6. The first-order chi connectivity index (χ1) is 13.5. The summed E-state index contributed by atoms with van der Waals surface area (Å²) < 4.78 is 13.4. The molecule has 0 fully saturated rings. The molecular formula is C22H18FN3O2. The second-order valence-electron chi connectivity index (χ2n) is 6.80. The van der Waals surface area contributed by atoms with Crippen molar-refractivity contribution in [3.8, 4) is 0 Å².